The number of carbonyl (C=O) groups excluding carboxylic acids is 1. The smallest absolute Gasteiger partial charge is 0.315 e. The highest BCUT2D eigenvalue weighted by atomic mass is 35.5. The number of hydrogen-bond acceptors (Lipinski definition) is 3. The number of halogens is 1. The topological polar surface area (TPSA) is 87.3 Å². The van der Waals surface area contributed by atoms with Crippen molar-refractivity contribution in [3.05, 3.63) is 64.7 Å². The number of benzene rings is 2. The lowest BCUT2D eigenvalue weighted by atomic mass is 9.91. The second kappa shape index (κ2) is 9.61. The highest BCUT2D eigenvalue weighted by Gasteiger charge is 2.30. The average molecular weight is 436 g/mol. The molecule has 1 fully saturated rings. The molecular weight excluding hydrogens is 410 g/mol. The molecule has 1 aliphatic carbocycles. The van der Waals surface area contributed by atoms with Crippen LogP contribution in [0.25, 0.3) is 0 Å². The minimum Gasteiger partial charge on any atom is -0.334 e. The maximum absolute atomic E-state index is 12.7. The van der Waals surface area contributed by atoms with Crippen molar-refractivity contribution in [2.75, 3.05) is 0 Å². The molecule has 0 bridgehead atoms. The van der Waals surface area contributed by atoms with Crippen LogP contribution in [0.1, 0.15) is 36.8 Å². The standard InChI is InChI=1S/C21H26ClN3O3S/c1-15-10-12-17(13-11-15)29(27,28)25-20-9-5-4-8-19(20)24-21(26)23-14-16-6-2-3-7-18(16)22/h2-3,6-7,10-13,19-20,25H,4-5,8-9,14H2,1H3,(H2,23,24,26). The molecule has 2 aromatic carbocycles. The molecule has 156 valence electrons. The number of aryl methyl sites for hydroxylation is 1. The summed E-state index contributed by atoms with van der Waals surface area (Å²) in [5, 5.41) is 6.31. The van der Waals surface area contributed by atoms with E-state index >= 15 is 0 Å². The zero-order valence-electron chi connectivity index (χ0n) is 16.3. The van der Waals surface area contributed by atoms with Crippen molar-refractivity contribution in [1.29, 1.82) is 0 Å². The summed E-state index contributed by atoms with van der Waals surface area (Å²) in [6.07, 6.45) is 3.26. The quantitative estimate of drug-likeness (QED) is 0.645. The highest BCUT2D eigenvalue weighted by molar-refractivity contribution is 7.89. The summed E-state index contributed by atoms with van der Waals surface area (Å²) in [4.78, 5) is 12.6. The molecule has 3 N–H and O–H groups in total. The van der Waals surface area contributed by atoms with E-state index in [-0.39, 0.29) is 23.0 Å². The Balaban J connectivity index is 1.61. The average Bonchev–Trinajstić information content (AvgIpc) is 2.69. The van der Waals surface area contributed by atoms with Gasteiger partial charge in [0.1, 0.15) is 0 Å². The van der Waals surface area contributed by atoms with E-state index in [1.807, 2.05) is 25.1 Å². The van der Waals surface area contributed by atoms with E-state index < -0.39 is 10.0 Å². The summed E-state index contributed by atoms with van der Waals surface area (Å²) in [6.45, 7) is 2.21. The van der Waals surface area contributed by atoms with E-state index in [2.05, 4.69) is 15.4 Å². The SMILES string of the molecule is Cc1ccc(S(=O)(=O)NC2CCCCC2NC(=O)NCc2ccccc2Cl)cc1. The van der Waals surface area contributed by atoms with Crippen molar-refractivity contribution in [2.24, 2.45) is 0 Å². The summed E-state index contributed by atoms with van der Waals surface area (Å²) in [5.41, 5.74) is 1.82. The van der Waals surface area contributed by atoms with Crippen LogP contribution in [0.3, 0.4) is 0 Å². The normalized spacial score (nSPS) is 19.5. The van der Waals surface area contributed by atoms with Gasteiger partial charge in [0.25, 0.3) is 0 Å². The van der Waals surface area contributed by atoms with Crippen molar-refractivity contribution >= 4 is 27.7 Å². The number of amides is 2. The zero-order valence-corrected chi connectivity index (χ0v) is 17.9. The first-order chi connectivity index (χ1) is 13.8. The Morgan fingerprint density at radius 2 is 1.69 bits per heavy atom. The lowest BCUT2D eigenvalue weighted by molar-refractivity contribution is 0.227. The van der Waals surface area contributed by atoms with Gasteiger partial charge < -0.3 is 10.6 Å². The van der Waals surface area contributed by atoms with Crippen molar-refractivity contribution in [2.45, 2.75) is 56.1 Å². The molecule has 0 saturated heterocycles. The van der Waals surface area contributed by atoms with Gasteiger partial charge in [-0.2, -0.15) is 0 Å². The van der Waals surface area contributed by atoms with Crippen molar-refractivity contribution < 1.29 is 13.2 Å². The molecule has 2 atom stereocenters. The van der Waals surface area contributed by atoms with Crippen LogP contribution in [0.2, 0.25) is 5.02 Å². The molecule has 8 heteroatoms. The second-order valence-electron chi connectivity index (χ2n) is 7.35. The maximum atomic E-state index is 12.7. The Morgan fingerprint density at radius 3 is 2.38 bits per heavy atom. The fourth-order valence-electron chi connectivity index (χ4n) is 3.47. The first-order valence-corrected chi connectivity index (χ1v) is 11.6. The first kappa shape index (κ1) is 21.6. The first-order valence-electron chi connectivity index (χ1n) is 9.72. The Kier molecular flexibility index (Phi) is 7.16. The van der Waals surface area contributed by atoms with E-state index in [0.717, 1.165) is 30.4 Å². The van der Waals surface area contributed by atoms with Crippen LogP contribution in [0.15, 0.2) is 53.4 Å². The van der Waals surface area contributed by atoms with E-state index in [1.54, 1.807) is 30.3 Å². The summed E-state index contributed by atoms with van der Waals surface area (Å²) >= 11 is 6.11. The van der Waals surface area contributed by atoms with Crippen LogP contribution in [0.5, 0.6) is 0 Å². The molecule has 6 nitrogen and oxygen atoms in total. The van der Waals surface area contributed by atoms with E-state index in [0.29, 0.717) is 18.0 Å². The number of urea groups is 1. The summed E-state index contributed by atoms with van der Waals surface area (Å²) in [6, 6.07) is 13.1. The number of sulfonamides is 1. The lowest BCUT2D eigenvalue weighted by Crippen LogP contribution is -2.54. The molecule has 2 aromatic rings. The van der Waals surface area contributed by atoms with Crippen LogP contribution in [0.4, 0.5) is 4.79 Å². The molecular formula is C21H26ClN3O3S. The van der Waals surface area contributed by atoms with Gasteiger partial charge in [-0.15, -0.1) is 0 Å². The highest BCUT2D eigenvalue weighted by Crippen LogP contribution is 2.21. The maximum Gasteiger partial charge on any atom is 0.315 e. The van der Waals surface area contributed by atoms with Gasteiger partial charge in [0, 0.05) is 23.7 Å². The monoisotopic (exact) mass is 435 g/mol. The van der Waals surface area contributed by atoms with Gasteiger partial charge in [-0.25, -0.2) is 17.9 Å². The summed E-state index contributed by atoms with van der Waals surface area (Å²) < 4.78 is 28.3. The third-order valence-electron chi connectivity index (χ3n) is 5.12. The van der Waals surface area contributed by atoms with Crippen molar-refractivity contribution in [1.82, 2.24) is 15.4 Å². The van der Waals surface area contributed by atoms with E-state index in [1.165, 1.54) is 0 Å². The fraction of sp³-hybridized carbons (Fsp3) is 0.381. The van der Waals surface area contributed by atoms with Gasteiger partial charge in [0.15, 0.2) is 0 Å². The third kappa shape index (κ3) is 5.95. The molecule has 29 heavy (non-hydrogen) atoms. The summed E-state index contributed by atoms with van der Waals surface area (Å²) in [5.74, 6) is 0. The number of nitrogens with one attached hydrogen (secondary N) is 3. The number of carbonyl (C=O) groups is 1. The molecule has 1 saturated carbocycles. The van der Waals surface area contributed by atoms with Crippen LogP contribution >= 0.6 is 11.6 Å². The van der Waals surface area contributed by atoms with Crippen LogP contribution in [-0.4, -0.2) is 26.5 Å². The fourth-order valence-corrected chi connectivity index (χ4v) is 4.98. The molecule has 0 spiro atoms. The second-order valence-corrected chi connectivity index (χ2v) is 9.47. The Hall–Kier alpha value is -2.09. The van der Waals surface area contributed by atoms with Crippen molar-refractivity contribution in [3.63, 3.8) is 0 Å². The molecule has 2 amide bonds. The van der Waals surface area contributed by atoms with Gasteiger partial charge in [-0.05, 0) is 43.5 Å². The van der Waals surface area contributed by atoms with E-state index in [4.69, 9.17) is 11.6 Å². The number of hydrogen-bond donors (Lipinski definition) is 3. The lowest BCUT2D eigenvalue weighted by Gasteiger charge is -2.32. The van der Waals surface area contributed by atoms with Gasteiger partial charge in [0.2, 0.25) is 10.0 Å². The minimum absolute atomic E-state index is 0.232. The van der Waals surface area contributed by atoms with Crippen LogP contribution in [0, 0.1) is 6.92 Å². The Bertz CT molecular complexity index is 948. The molecule has 0 aliphatic heterocycles. The molecule has 1 aliphatic rings. The molecule has 3 rings (SSSR count). The predicted octanol–water partition coefficient (Wildman–Crippen LogP) is 3.74. The third-order valence-corrected chi connectivity index (χ3v) is 6.99. The molecule has 0 heterocycles. The zero-order chi connectivity index (χ0) is 20.9. The molecule has 0 aromatic heterocycles. The molecule has 2 unspecified atom stereocenters. The van der Waals surface area contributed by atoms with Crippen LogP contribution < -0.4 is 15.4 Å². The predicted molar refractivity (Wildman–Crippen MR) is 114 cm³/mol. The molecule has 0 radical (unpaired) electrons. The van der Waals surface area contributed by atoms with Gasteiger partial charge >= 0.3 is 6.03 Å². The van der Waals surface area contributed by atoms with Gasteiger partial charge in [0.05, 0.1) is 4.90 Å². The Morgan fingerprint density at radius 1 is 1.03 bits per heavy atom. The van der Waals surface area contributed by atoms with Gasteiger partial charge in [-0.1, -0.05) is 60.3 Å². The Labute approximate surface area is 177 Å². The van der Waals surface area contributed by atoms with Crippen LogP contribution in [-0.2, 0) is 16.6 Å². The largest absolute Gasteiger partial charge is 0.334 e. The van der Waals surface area contributed by atoms with Gasteiger partial charge in [-0.3, -0.25) is 0 Å². The van der Waals surface area contributed by atoms with E-state index in [9.17, 15) is 13.2 Å². The number of rotatable bonds is 6. The van der Waals surface area contributed by atoms with Crippen molar-refractivity contribution in [3.8, 4) is 0 Å². The minimum atomic E-state index is -3.65. The summed E-state index contributed by atoms with van der Waals surface area (Å²) in [7, 11) is -3.65.